The largest absolute Gasteiger partial charge is 0.481 e. The highest BCUT2D eigenvalue weighted by Crippen LogP contribution is 2.49. The van der Waals surface area contributed by atoms with Crippen molar-refractivity contribution in [1.29, 1.82) is 0 Å². The lowest BCUT2D eigenvalue weighted by molar-refractivity contribution is -0.368. The molecule has 2 rings (SSSR count). The van der Waals surface area contributed by atoms with Crippen LogP contribution in [-0.4, -0.2) is 29.8 Å². The Bertz CT molecular complexity index is 526. The van der Waals surface area contributed by atoms with Crippen molar-refractivity contribution in [3.05, 3.63) is 35.9 Å². The van der Waals surface area contributed by atoms with E-state index >= 15 is 0 Å². The molecule has 0 spiro atoms. The van der Waals surface area contributed by atoms with Crippen LogP contribution in [0.3, 0.4) is 0 Å². The van der Waals surface area contributed by atoms with Crippen LogP contribution in [0.5, 0.6) is 0 Å². The van der Waals surface area contributed by atoms with Crippen LogP contribution in [0.25, 0.3) is 0 Å². The second-order valence-electron chi connectivity index (χ2n) is 7.12. The first-order valence-electron chi connectivity index (χ1n) is 8.11. The number of ether oxygens (including phenoxy) is 2. The van der Waals surface area contributed by atoms with Crippen molar-refractivity contribution in [3.8, 4) is 0 Å². The maximum atomic E-state index is 11.2. The number of nitrogens with two attached hydrogens (primary N) is 1. The number of carboxylic acids is 1. The molecule has 1 aliphatic rings. The van der Waals surface area contributed by atoms with Crippen LogP contribution in [0.15, 0.2) is 30.3 Å². The van der Waals surface area contributed by atoms with Gasteiger partial charge in [0.15, 0.2) is 5.79 Å². The Morgan fingerprint density at radius 2 is 1.87 bits per heavy atom. The lowest BCUT2D eigenvalue weighted by Crippen LogP contribution is -2.54. The molecule has 5 nitrogen and oxygen atoms in total. The summed E-state index contributed by atoms with van der Waals surface area (Å²) in [6.45, 7) is 6.63. The predicted molar refractivity (Wildman–Crippen MR) is 87.9 cm³/mol. The van der Waals surface area contributed by atoms with Crippen molar-refractivity contribution in [1.82, 2.24) is 0 Å². The van der Waals surface area contributed by atoms with Crippen molar-refractivity contribution in [2.24, 2.45) is 11.1 Å². The summed E-state index contributed by atoms with van der Waals surface area (Å²) in [6.07, 6.45) is 0.697. The average Bonchev–Trinajstić information content (AvgIpc) is 2.46. The molecule has 23 heavy (non-hydrogen) atoms. The Kier molecular flexibility index (Phi) is 5.45. The van der Waals surface area contributed by atoms with E-state index in [4.69, 9.17) is 15.2 Å². The minimum atomic E-state index is -0.980. The lowest BCUT2D eigenvalue weighted by Gasteiger charge is -2.51. The zero-order valence-corrected chi connectivity index (χ0v) is 14.1. The van der Waals surface area contributed by atoms with Crippen molar-refractivity contribution in [3.63, 3.8) is 0 Å². The number of hydrogen-bond acceptors (Lipinski definition) is 4. The minimum Gasteiger partial charge on any atom is -0.481 e. The Balaban J connectivity index is 2.43. The molecule has 1 aromatic rings. The van der Waals surface area contributed by atoms with E-state index in [2.05, 4.69) is 0 Å². The van der Waals surface area contributed by atoms with Crippen LogP contribution in [0, 0.1) is 5.41 Å². The number of carbonyl (C=O) groups is 1. The molecular weight excluding hydrogens is 294 g/mol. The van der Waals surface area contributed by atoms with Crippen LogP contribution in [0.1, 0.15) is 45.6 Å². The van der Waals surface area contributed by atoms with E-state index in [-0.39, 0.29) is 17.9 Å². The fraction of sp³-hybridized carbons (Fsp3) is 0.611. The van der Waals surface area contributed by atoms with E-state index in [1.807, 2.05) is 51.1 Å². The van der Waals surface area contributed by atoms with Gasteiger partial charge in [-0.2, -0.15) is 0 Å². The van der Waals surface area contributed by atoms with E-state index < -0.39 is 17.9 Å². The molecule has 1 aliphatic heterocycles. The van der Waals surface area contributed by atoms with Crippen LogP contribution in [-0.2, 0) is 20.1 Å². The van der Waals surface area contributed by atoms with Gasteiger partial charge in [0.1, 0.15) is 0 Å². The monoisotopic (exact) mass is 321 g/mol. The van der Waals surface area contributed by atoms with Gasteiger partial charge >= 0.3 is 5.97 Å². The van der Waals surface area contributed by atoms with E-state index in [1.165, 1.54) is 0 Å². The van der Waals surface area contributed by atoms with Crippen molar-refractivity contribution in [2.75, 3.05) is 6.54 Å². The topological polar surface area (TPSA) is 81.8 Å². The molecule has 3 atom stereocenters. The molecule has 0 saturated carbocycles. The SMILES string of the molecule is CC(C)(C)C1(c2ccccc2)OC(CCN)CC(CC(=O)O)O1. The second-order valence-corrected chi connectivity index (χ2v) is 7.12. The number of benzene rings is 1. The first-order chi connectivity index (χ1) is 10.8. The Hall–Kier alpha value is -1.43. The predicted octanol–water partition coefficient (Wildman–Crippen LogP) is 2.88. The van der Waals surface area contributed by atoms with Gasteiger partial charge in [0, 0.05) is 17.4 Å². The zero-order chi connectivity index (χ0) is 17.1. The molecular formula is C18H27NO4. The number of hydrogen-bond donors (Lipinski definition) is 2. The van der Waals surface area contributed by atoms with Crippen molar-refractivity contribution < 1.29 is 19.4 Å². The molecule has 1 aromatic carbocycles. The molecule has 1 heterocycles. The molecule has 0 bridgehead atoms. The standard InChI is InChI=1S/C18H27NO4/c1-17(2,3)18(13-7-5-4-6-8-13)22-14(9-10-19)11-15(23-18)12-16(20)21/h4-8,14-15H,9-12,19H2,1-3H3,(H,20,21). The van der Waals surface area contributed by atoms with E-state index in [1.54, 1.807) is 0 Å². The van der Waals surface area contributed by atoms with Crippen molar-refractivity contribution >= 4 is 5.97 Å². The highest BCUT2D eigenvalue weighted by atomic mass is 16.7. The van der Waals surface area contributed by atoms with Crippen LogP contribution >= 0.6 is 0 Å². The molecule has 0 aliphatic carbocycles. The molecule has 3 unspecified atom stereocenters. The maximum Gasteiger partial charge on any atom is 0.305 e. The highest BCUT2D eigenvalue weighted by Gasteiger charge is 2.52. The first kappa shape index (κ1) is 17.9. The third-order valence-corrected chi connectivity index (χ3v) is 4.22. The average molecular weight is 321 g/mol. The lowest BCUT2D eigenvalue weighted by atomic mass is 9.79. The highest BCUT2D eigenvalue weighted by molar-refractivity contribution is 5.67. The van der Waals surface area contributed by atoms with Crippen LogP contribution < -0.4 is 5.73 Å². The Labute approximate surface area is 137 Å². The van der Waals surface area contributed by atoms with E-state index in [0.717, 1.165) is 5.56 Å². The van der Waals surface area contributed by atoms with Gasteiger partial charge in [-0.3, -0.25) is 4.79 Å². The minimum absolute atomic E-state index is 0.0326. The Morgan fingerprint density at radius 3 is 2.39 bits per heavy atom. The third-order valence-electron chi connectivity index (χ3n) is 4.22. The van der Waals surface area contributed by atoms with Gasteiger partial charge in [0.2, 0.25) is 0 Å². The molecule has 5 heteroatoms. The van der Waals surface area contributed by atoms with Crippen molar-refractivity contribution in [2.45, 2.75) is 58.0 Å². The van der Waals surface area contributed by atoms with E-state index in [0.29, 0.717) is 19.4 Å². The second kappa shape index (κ2) is 6.99. The van der Waals surface area contributed by atoms with Gasteiger partial charge in [-0.05, 0) is 13.0 Å². The van der Waals surface area contributed by atoms with Gasteiger partial charge < -0.3 is 20.3 Å². The maximum absolute atomic E-state index is 11.2. The summed E-state index contributed by atoms with van der Waals surface area (Å²) < 4.78 is 12.6. The van der Waals surface area contributed by atoms with Gasteiger partial charge in [0.25, 0.3) is 0 Å². The molecule has 0 aromatic heterocycles. The fourth-order valence-corrected chi connectivity index (χ4v) is 3.15. The van der Waals surface area contributed by atoms with Gasteiger partial charge in [-0.15, -0.1) is 0 Å². The van der Waals surface area contributed by atoms with E-state index in [9.17, 15) is 9.90 Å². The summed E-state index contributed by atoms with van der Waals surface area (Å²) >= 11 is 0. The number of aliphatic carboxylic acids is 1. The molecule has 1 fully saturated rings. The normalized spacial score (nSPS) is 28.5. The number of rotatable bonds is 5. The first-order valence-corrected chi connectivity index (χ1v) is 8.11. The summed E-state index contributed by atoms with van der Waals surface area (Å²) in [5, 5.41) is 9.18. The van der Waals surface area contributed by atoms with Gasteiger partial charge in [-0.1, -0.05) is 51.1 Å². The number of carboxylic acid groups (broad SMARTS) is 1. The molecule has 3 N–H and O–H groups in total. The fourth-order valence-electron chi connectivity index (χ4n) is 3.15. The molecule has 1 saturated heterocycles. The van der Waals surface area contributed by atoms with Crippen LogP contribution in [0.2, 0.25) is 0 Å². The molecule has 0 amide bonds. The van der Waals surface area contributed by atoms with Gasteiger partial charge in [0.05, 0.1) is 18.6 Å². The molecule has 128 valence electrons. The zero-order valence-electron chi connectivity index (χ0n) is 14.1. The molecule has 0 radical (unpaired) electrons. The van der Waals surface area contributed by atoms with Gasteiger partial charge in [-0.25, -0.2) is 0 Å². The quantitative estimate of drug-likeness (QED) is 0.871. The third kappa shape index (κ3) is 3.91. The Morgan fingerprint density at radius 1 is 1.26 bits per heavy atom. The van der Waals surface area contributed by atoms with Crippen LogP contribution in [0.4, 0.5) is 0 Å². The summed E-state index contributed by atoms with van der Waals surface area (Å²) in [6, 6.07) is 9.75. The summed E-state index contributed by atoms with van der Waals surface area (Å²) in [5.74, 6) is -1.84. The summed E-state index contributed by atoms with van der Waals surface area (Å²) in [5.41, 5.74) is 6.25. The summed E-state index contributed by atoms with van der Waals surface area (Å²) in [4.78, 5) is 11.2. The smallest absolute Gasteiger partial charge is 0.305 e. The summed E-state index contributed by atoms with van der Waals surface area (Å²) in [7, 11) is 0.